The van der Waals surface area contributed by atoms with Crippen LogP contribution in [0, 0.1) is 0 Å². The molecular formula is C20H21N3O4. The van der Waals surface area contributed by atoms with E-state index in [4.69, 9.17) is 9.47 Å². The highest BCUT2D eigenvalue weighted by atomic mass is 16.7. The third-order valence-electron chi connectivity index (χ3n) is 4.84. The van der Waals surface area contributed by atoms with E-state index in [1.54, 1.807) is 29.4 Å². The Labute approximate surface area is 157 Å². The predicted molar refractivity (Wildman–Crippen MR) is 97.6 cm³/mol. The summed E-state index contributed by atoms with van der Waals surface area (Å²) in [5.74, 6) is 1.42. The van der Waals surface area contributed by atoms with Gasteiger partial charge in [-0.05, 0) is 36.2 Å². The second kappa shape index (κ2) is 7.65. The van der Waals surface area contributed by atoms with Gasteiger partial charge in [-0.25, -0.2) is 0 Å². The summed E-state index contributed by atoms with van der Waals surface area (Å²) in [6.07, 6.45) is 4.30. The lowest BCUT2D eigenvalue weighted by Crippen LogP contribution is -2.38. The Balaban J connectivity index is 1.36. The number of fused-ring (bicyclic) bond motifs is 1. The number of hydrogen-bond donors (Lipinski definition) is 0. The lowest BCUT2D eigenvalue weighted by molar-refractivity contribution is -0.130. The molecule has 0 N–H and O–H groups in total. The standard InChI is InChI=1S/C20H21N3O4/c24-19(12-15-4-5-17-18(11-15)27-14-26-17)22-7-2-8-23(10-9-22)20(25)16-3-1-6-21-13-16/h1,3-6,11,13H,2,7-10,12,14H2. The summed E-state index contributed by atoms with van der Waals surface area (Å²) in [6.45, 7) is 2.58. The minimum atomic E-state index is -0.0341. The molecule has 2 amide bonds. The SMILES string of the molecule is O=C(Cc1ccc2c(c1)OCO2)N1CCCN(C(=O)c2cccnc2)CC1. The van der Waals surface area contributed by atoms with E-state index < -0.39 is 0 Å². The maximum Gasteiger partial charge on any atom is 0.255 e. The molecule has 140 valence electrons. The molecule has 1 saturated heterocycles. The van der Waals surface area contributed by atoms with Crippen molar-refractivity contribution >= 4 is 11.8 Å². The van der Waals surface area contributed by atoms with Crippen molar-refractivity contribution in [1.82, 2.24) is 14.8 Å². The fourth-order valence-corrected chi connectivity index (χ4v) is 3.38. The van der Waals surface area contributed by atoms with Gasteiger partial charge in [-0.15, -0.1) is 0 Å². The third kappa shape index (κ3) is 3.86. The van der Waals surface area contributed by atoms with Gasteiger partial charge in [0, 0.05) is 38.6 Å². The van der Waals surface area contributed by atoms with Crippen LogP contribution in [0.5, 0.6) is 11.5 Å². The average molecular weight is 367 g/mol. The number of benzene rings is 1. The van der Waals surface area contributed by atoms with Crippen molar-refractivity contribution in [2.75, 3.05) is 33.0 Å². The Morgan fingerprint density at radius 3 is 2.67 bits per heavy atom. The Bertz CT molecular complexity index is 840. The number of hydrogen-bond acceptors (Lipinski definition) is 5. The zero-order valence-electron chi connectivity index (χ0n) is 15.0. The maximum absolute atomic E-state index is 12.7. The van der Waals surface area contributed by atoms with Crippen molar-refractivity contribution in [2.45, 2.75) is 12.8 Å². The van der Waals surface area contributed by atoms with Crippen LogP contribution in [0.3, 0.4) is 0 Å². The zero-order chi connectivity index (χ0) is 18.6. The highest BCUT2D eigenvalue weighted by molar-refractivity contribution is 5.94. The molecule has 0 aliphatic carbocycles. The van der Waals surface area contributed by atoms with Crippen molar-refractivity contribution < 1.29 is 19.1 Å². The highest BCUT2D eigenvalue weighted by Gasteiger charge is 2.23. The van der Waals surface area contributed by atoms with Crippen LogP contribution in [-0.4, -0.2) is 59.6 Å². The van der Waals surface area contributed by atoms with Gasteiger partial charge in [0.15, 0.2) is 11.5 Å². The molecule has 0 saturated carbocycles. The van der Waals surface area contributed by atoms with E-state index in [2.05, 4.69) is 4.98 Å². The summed E-state index contributed by atoms with van der Waals surface area (Å²) >= 11 is 0. The number of carbonyl (C=O) groups is 2. The molecule has 0 atom stereocenters. The fraction of sp³-hybridized carbons (Fsp3) is 0.350. The molecule has 0 spiro atoms. The molecule has 0 radical (unpaired) electrons. The molecule has 2 aliphatic rings. The Morgan fingerprint density at radius 1 is 1.00 bits per heavy atom. The number of nitrogens with zero attached hydrogens (tertiary/aromatic N) is 3. The van der Waals surface area contributed by atoms with E-state index in [0.29, 0.717) is 49.7 Å². The van der Waals surface area contributed by atoms with Crippen LogP contribution in [0.25, 0.3) is 0 Å². The average Bonchev–Trinajstić information content (AvgIpc) is 3.02. The van der Waals surface area contributed by atoms with E-state index in [9.17, 15) is 9.59 Å². The van der Waals surface area contributed by atoms with Gasteiger partial charge in [0.25, 0.3) is 5.91 Å². The van der Waals surface area contributed by atoms with Crippen molar-refractivity contribution in [3.8, 4) is 11.5 Å². The lowest BCUT2D eigenvalue weighted by Gasteiger charge is -2.22. The second-order valence-corrected chi connectivity index (χ2v) is 6.63. The van der Waals surface area contributed by atoms with E-state index in [1.807, 2.05) is 23.1 Å². The number of pyridine rings is 1. The summed E-state index contributed by atoms with van der Waals surface area (Å²) in [6, 6.07) is 9.11. The minimum absolute atomic E-state index is 0.0341. The third-order valence-corrected chi connectivity index (χ3v) is 4.84. The van der Waals surface area contributed by atoms with E-state index in [0.717, 1.165) is 12.0 Å². The molecule has 1 aromatic heterocycles. The molecule has 1 fully saturated rings. The Hall–Kier alpha value is -3.09. The molecule has 0 unspecified atom stereocenters. The van der Waals surface area contributed by atoms with Crippen molar-refractivity contribution in [1.29, 1.82) is 0 Å². The van der Waals surface area contributed by atoms with E-state index >= 15 is 0 Å². The van der Waals surface area contributed by atoms with Crippen LogP contribution >= 0.6 is 0 Å². The summed E-state index contributed by atoms with van der Waals surface area (Å²) in [5, 5.41) is 0. The van der Waals surface area contributed by atoms with Crippen molar-refractivity contribution in [3.63, 3.8) is 0 Å². The molecule has 2 aromatic rings. The number of carbonyl (C=O) groups excluding carboxylic acids is 2. The number of ether oxygens (including phenoxy) is 2. The molecule has 27 heavy (non-hydrogen) atoms. The van der Waals surface area contributed by atoms with Gasteiger partial charge in [-0.3, -0.25) is 14.6 Å². The number of rotatable bonds is 3. The molecule has 1 aromatic carbocycles. The normalized spacial score (nSPS) is 16.1. The van der Waals surface area contributed by atoms with Gasteiger partial charge in [-0.2, -0.15) is 0 Å². The van der Waals surface area contributed by atoms with Crippen LogP contribution in [0.15, 0.2) is 42.7 Å². The lowest BCUT2D eigenvalue weighted by atomic mass is 10.1. The fourth-order valence-electron chi connectivity index (χ4n) is 3.38. The largest absolute Gasteiger partial charge is 0.454 e. The van der Waals surface area contributed by atoms with Crippen molar-refractivity contribution in [3.05, 3.63) is 53.9 Å². The number of aromatic nitrogens is 1. The van der Waals surface area contributed by atoms with Gasteiger partial charge in [-0.1, -0.05) is 6.07 Å². The highest BCUT2D eigenvalue weighted by Crippen LogP contribution is 2.32. The van der Waals surface area contributed by atoms with Gasteiger partial charge < -0.3 is 19.3 Å². The Morgan fingerprint density at radius 2 is 1.81 bits per heavy atom. The van der Waals surface area contributed by atoms with Gasteiger partial charge in [0.2, 0.25) is 12.7 Å². The molecule has 4 rings (SSSR count). The van der Waals surface area contributed by atoms with Gasteiger partial charge >= 0.3 is 0 Å². The first-order chi connectivity index (χ1) is 13.2. The summed E-state index contributed by atoms with van der Waals surface area (Å²) in [7, 11) is 0. The smallest absolute Gasteiger partial charge is 0.255 e. The van der Waals surface area contributed by atoms with Crippen molar-refractivity contribution in [2.24, 2.45) is 0 Å². The molecule has 0 bridgehead atoms. The predicted octanol–water partition coefficient (Wildman–Crippen LogP) is 1.73. The second-order valence-electron chi connectivity index (χ2n) is 6.63. The molecule has 7 nitrogen and oxygen atoms in total. The molecule has 3 heterocycles. The monoisotopic (exact) mass is 367 g/mol. The maximum atomic E-state index is 12.7. The molecule has 2 aliphatic heterocycles. The first-order valence-corrected chi connectivity index (χ1v) is 9.06. The Kier molecular flexibility index (Phi) is 4.91. The van der Waals surface area contributed by atoms with Crippen LogP contribution in [0.2, 0.25) is 0 Å². The zero-order valence-corrected chi connectivity index (χ0v) is 15.0. The van der Waals surface area contributed by atoms with E-state index in [1.165, 1.54) is 0 Å². The van der Waals surface area contributed by atoms with Crippen LogP contribution in [-0.2, 0) is 11.2 Å². The van der Waals surface area contributed by atoms with E-state index in [-0.39, 0.29) is 18.6 Å². The molecule has 7 heteroatoms. The minimum Gasteiger partial charge on any atom is -0.454 e. The van der Waals surface area contributed by atoms with Gasteiger partial charge in [0.05, 0.1) is 12.0 Å². The summed E-state index contributed by atoms with van der Waals surface area (Å²) in [4.78, 5) is 32.9. The van der Waals surface area contributed by atoms with Crippen LogP contribution in [0.1, 0.15) is 22.3 Å². The van der Waals surface area contributed by atoms with Gasteiger partial charge in [0.1, 0.15) is 0 Å². The topological polar surface area (TPSA) is 72.0 Å². The van der Waals surface area contributed by atoms with Crippen LogP contribution < -0.4 is 9.47 Å². The van der Waals surface area contributed by atoms with Crippen LogP contribution in [0.4, 0.5) is 0 Å². The number of amides is 2. The first kappa shape index (κ1) is 17.3. The summed E-state index contributed by atoms with van der Waals surface area (Å²) < 4.78 is 10.7. The quantitative estimate of drug-likeness (QED) is 0.826. The molecular weight excluding hydrogens is 346 g/mol. The summed E-state index contributed by atoms with van der Waals surface area (Å²) in [5.41, 5.74) is 1.48. The first-order valence-electron chi connectivity index (χ1n) is 9.06.